The fraction of sp³-hybridized carbons (Fsp3) is 0. The van der Waals surface area contributed by atoms with E-state index in [-0.39, 0.29) is 12.4 Å². The fourth-order valence-corrected chi connectivity index (χ4v) is 4.25. The van der Waals surface area contributed by atoms with Crippen molar-refractivity contribution in [1.82, 2.24) is 5.10 Å². The first-order chi connectivity index (χ1) is 13.1. The average molecular weight is 469 g/mol. The molecule has 0 radical (unpaired) electrons. The van der Waals surface area contributed by atoms with E-state index in [9.17, 15) is 0 Å². The zero-order valence-electron chi connectivity index (χ0n) is 14.2. The molecule has 0 aliphatic heterocycles. The number of halogens is 4. The Morgan fingerprint density at radius 1 is 0.821 bits per heavy atom. The van der Waals surface area contributed by atoms with Gasteiger partial charge in [0.15, 0.2) is 0 Å². The van der Waals surface area contributed by atoms with Gasteiger partial charge in [-0.25, -0.2) is 0 Å². The molecule has 0 saturated carbocycles. The van der Waals surface area contributed by atoms with Gasteiger partial charge in [-0.2, -0.15) is 0 Å². The van der Waals surface area contributed by atoms with Crippen molar-refractivity contribution < 1.29 is 17.1 Å². The minimum absolute atomic E-state index is 0. The summed E-state index contributed by atoms with van der Waals surface area (Å²) in [5.74, 6) is 0. The molecule has 0 bridgehead atoms. The van der Waals surface area contributed by atoms with Crippen LogP contribution < -0.4 is 22.4 Å². The molecule has 0 spiro atoms. The van der Waals surface area contributed by atoms with Crippen molar-refractivity contribution in [3.8, 4) is 16.3 Å². The highest BCUT2D eigenvalue weighted by Crippen LogP contribution is 2.34. The van der Waals surface area contributed by atoms with Crippen LogP contribution in [-0.2, 0) is 0 Å². The molecule has 1 heterocycles. The number of nitrogens with zero attached hydrogens (tertiary/aromatic N) is 2. The number of hydrogen-bond acceptors (Lipinski definition) is 3. The Morgan fingerprint density at radius 2 is 1.50 bits per heavy atom. The molecule has 3 aromatic carbocycles. The maximum Gasteiger partial charge on any atom is 0.306 e. The van der Waals surface area contributed by atoms with E-state index >= 15 is 0 Å². The van der Waals surface area contributed by atoms with Crippen LogP contribution in [0.15, 0.2) is 72.8 Å². The number of benzene rings is 3. The van der Waals surface area contributed by atoms with Crippen LogP contribution in [0, 0.1) is 0 Å². The molecular formula is C20H13Cl4N3S. The average Bonchev–Trinajstić information content (AvgIpc) is 3.08. The Balaban J connectivity index is 0.00000225. The van der Waals surface area contributed by atoms with E-state index in [4.69, 9.17) is 39.9 Å². The normalized spacial score (nSPS) is 10.4. The number of rotatable bonds is 4. The number of aromatic nitrogens is 2. The van der Waals surface area contributed by atoms with E-state index in [0.29, 0.717) is 15.1 Å². The van der Waals surface area contributed by atoms with Crippen LogP contribution >= 0.6 is 46.1 Å². The van der Waals surface area contributed by atoms with Crippen molar-refractivity contribution >= 4 is 57.0 Å². The van der Waals surface area contributed by atoms with Gasteiger partial charge in [-0.05, 0) is 58.5 Å². The van der Waals surface area contributed by atoms with E-state index in [2.05, 4.69) is 5.32 Å². The molecule has 1 aromatic heterocycles. The molecule has 142 valence electrons. The molecule has 0 amide bonds. The van der Waals surface area contributed by atoms with E-state index in [0.717, 1.165) is 27.1 Å². The summed E-state index contributed by atoms with van der Waals surface area (Å²) in [6.45, 7) is 0. The highest BCUT2D eigenvalue weighted by atomic mass is 35.5. The zero-order chi connectivity index (χ0) is 18.8. The SMILES string of the molecule is Clc1ccc(Nc2n[n+](-c3ccccc3)c(-c3ccc(Cl)cc3Cl)s2)cc1.[Cl-]. The Labute approximate surface area is 187 Å². The van der Waals surface area contributed by atoms with Gasteiger partial charge in [0.05, 0.1) is 10.6 Å². The molecule has 28 heavy (non-hydrogen) atoms. The predicted molar refractivity (Wildman–Crippen MR) is 114 cm³/mol. The van der Waals surface area contributed by atoms with Gasteiger partial charge in [0.2, 0.25) is 5.69 Å². The molecule has 0 aliphatic carbocycles. The van der Waals surface area contributed by atoms with Crippen LogP contribution in [0.3, 0.4) is 0 Å². The Hall–Kier alpha value is -1.82. The van der Waals surface area contributed by atoms with Gasteiger partial charge < -0.3 is 17.7 Å². The van der Waals surface area contributed by atoms with Crippen molar-refractivity contribution in [3.05, 3.63) is 87.9 Å². The Morgan fingerprint density at radius 3 is 2.18 bits per heavy atom. The molecule has 0 saturated heterocycles. The standard InChI is InChI=1S/C20H13Cl3N3S.ClH/c21-13-6-9-15(10-7-13)24-20-25-26(16-4-2-1-3-5-16)19(27-20)17-11-8-14(22)12-18(17)23;/h1-12H,(H,24,25);1H/q+1;/p-1. The van der Waals surface area contributed by atoms with Crippen LogP contribution in [0.1, 0.15) is 0 Å². The van der Waals surface area contributed by atoms with Gasteiger partial charge in [-0.1, -0.05) is 53.0 Å². The molecule has 0 fully saturated rings. The Kier molecular flexibility index (Phi) is 6.81. The highest BCUT2D eigenvalue weighted by Gasteiger charge is 2.26. The van der Waals surface area contributed by atoms with Gasteiger partial charge in [-0.15, -0.1) is 0 Å². The fourth-order valence-electron chi connectivity index (χ4n) is 2.57. The first kappa shape index (κ1) is 20.9. The third-order valence-corrected chi connectivity index (χ3v) is 5.60. The summed E-state index contributed by atoms with van der Waals surface area (Å²) in [5, 5.41) is 11.6. The summed E-state index contributed by atoms with van der Waals surface area (Å²) in [7, 11) is 0. The number of para-hydroxylation sites is 1. The second-order valence-corrected chi connectivity index (χ2v) is 7.97. The topological polar surface area (TPSA) is 28.8 Å². The zero-order valence-corrected chi connectivity index (χ0v) is 18.1. The van der Waals surface area contributed by atoms with Crippen molar-refractivity contribution in [2.24, 2.45) is 0 Å². The lowest BCUT2D eigenvalue weighted by Gasteiger charge is -1.99. The van der Waals surface area contributed by atoms with Crippen LogP contribution in [0.5, 0.6) is 0 Å². The second kappa shape index (κ2) is 9.12. The molecule has 3 nitrogen and oxygen atoms in total. The first-order valence-corrected chi connectivity index (χ1v) is 10.0. The van der Waals surface area contributed by atoms with E-state index < -0.39 is 0 Å². The van der Waals surface area contributed by atoms with E-state index in [1.54, 1.807) is 6.07 Å². The van der Waals surface area contributed by atoms with Crippen molar-refractivity contribution in [1.29, 1.82) is 0 Å². The van der Waals surface area contributed by atoms with Gasteiger partial charge in [0, 0.05) is 33.0 Å². The monoisotopic (exact) mass is 467 g/mol. The molecule has 0 aliphatic rings. The maximum absolute atomic E-state index is 6.46. The van der Waals surface area contributed by atoms with Crippen molar-refractivity contribution in [3.63, 3.8) is 0 Å². The lowest BCUT2D eigenvalue weighted by atomic mass is 10.2. The summed E-state index contributed by atoms with van der Waals surface area (Å²) < 4.78 is 1.87. The summed E-state index contributed by atoms with van der Waals surface area (Å²) in [5.41, 5.74) is 2.72. The van der Waals surface area contributed by atoms with Gasteiger partial charge in [-0.3, -0.25) is 0 Å². The van der Waals surface area contributed by atoms with Crippen LogP contribution in [0.25, 0.3) is 16.3 Å². The summed E-state index contributed by atoms with van der Waals surface area (Å²) in [6.07, 6.45) is 0. The van der Waals surface area contributed by atoms with E-state index in [1.807, 2.05) is 71.4 Å². The first-order valence-electron chi connectivity index (χ1n) is 8.07. The molecule has 4 aromatic rings. The quantitative estimate of drug-likeness (QED) is 0.461. The molecule has 8 heteroatoms. The lowest BCUT2D eigenvalue weighted by molar-refractivity contribution is -0.642. The van der Waals surface area contributed by atoms with Gasteiger partial charge >= 0.3 is 5.01 Å². The van der Waals surface area contributed by atoms with Crippen LogP contribution in [0.4, 0.5) is 10.8 Å². The highest BCUT2D eigenvalue weighted by molar-refractivity contribution is 7.18. The maximum atomic E-state index is 6.46. The third-order valence-electron chi connectivity index (χ3n) is 3.83. The number of hydrogen-bond donors (Lipinski definition) is 1. The summed E-state index contributed by atoms with van der Waals surface area (Å²) >= 11 is 20.0. The molecular weight excluding hydrogens is 456 g/mol. The van der Waals surface area contributed by atoms with Crippen molar-refractivity contribution in [2.75, 3.05) is 5.32 Å². The predicted octanol–water partition coefficient (Wildman–Crippen LogP) is 3.79. The minimum atomic E-state index is 0. The van der Waals surface area contributed by atoms with Gasteiger partial charge in [0.1, 0.15) is 0 Å². The van der Waals surface area contributed by atoms with Gasteiger partial charge in [0.25, 0.3) is 5.13 Å². The molecule has 1 N–H and O–H groups in total. The number of nitrogens with one attached hydrogen (secondary N) is 1. The lowest BCUT2D eigenvalue weighted by Crippen LogP contribution is -3.00. The number of anilines is 2. The smallest absolute Gasteiger partial charge is 0.306 e. The second-order valence-electron chi connectivity index (χ2n) is 5.72. The molecule has 0 atom stereocenters. The summed E-state index contributed by atoms with van der Waals surface area (Å²) in [4.78, 5) is 0. The third kappa shape index (κ3) is 4.59. The molecule has 0 unspecified atom stereocenters. The van der Waals surface area contributed by atoms with Crippen LogP contribution in [0.2, 0.25) is 15.1 Å². The molecule has 4 rings (SSSR count). The van der Waals surface area contributed by atoms with Crippen LogP contribution in [-0.4, -0.2) is 5.10 Å². The van der Waals surface area contributed by atoms with Crippen molar-refractivity contribution in [2.45, 2.75) is 0 Å². The van der Waals surface area contributed by atoms with E-state index in [1.165, 1.54) is 11.3 Å². The Bertz CT molecular complexity index is 1080. The minimum Gasteiger partial charge on any atom is -1.00 e. The summed E-state index contributed by atoms with van der Waals surface area (Å²) in [6, 6.07) is 22.9. The largest absolute Gasteiger partial charge is 1.00 e.